The molecule has 122 valence electrons. The number of piperazine rings is 1. The van der Waals surface area contributed by atoms with Crippen molar-refractivity contribution in [3.63, 3.8) is 0 Å². The van der Waals surface area contributed by atoms with E-state index in [0.29, 0.717) is 32.6 Å². The van der Waals surface area contributed by atoms with Crippen LogP contribution in [0.15, 0.2) is 30.3 Å². The first kappa shape index (κ1) is 16.9. The van der Waals surface area contributed by atoms with Gasteiger partial charge in [0.15, 0.2) is 0 Å². The van der Waals surface area contributed by atoms with Gasteiger partial charge >= 0.3 is 0 Å². The Morgan fingerprint density at radius 3 is 2.23 bits per heavy atom. The van der Waals surface area contributed by atoms with Crippen molar-refractivity contribution in [2.75, 3.05) is 40.3 Å². The first-order valence-electron chi connectivity index (χ1n) is 7.40. The van der Waals surface area contributed by atoms with Crippen molar-refractivity contribution >= 4 is 16.1 Å². The largest absolute Gasteiger partial charge is 0.340 e. The summed E-state index contributed by atoms with van der Waals surface area (Å²) >= 11 is 0. The van der Waals surface area contributed by atoms with E-state index in [4.69, 9.17) is 0 Å². The summed E-state index contributed by atoms with van der Waals surface area (Å²) in [4.78, 5) is 14.0. The molecule has 1 aromatic rings. The Morgan fingerprint density at radius 2 is 1.68 bits per heavy atom. The Balaban J connectivity index is 1.83. The minimum atomic E-state index is -3.38. The number of hydrogen-bond acceptors (Lipinski definition) is 3. The van der Waals surface area contributed by atoms with Crippen molar-refractivity contribution in [3.05, 3.63) is 35.9 Å². The number of nitrogens with zero attached hydrogens (tertiary/aromatic N) is 3. The van der Waals surface area contributed by atoms with Crippen molar-refractivity contribution in [3.8, 4) is 0 Å². The Labute approximate surface area is 132 Å². The minimum Gasteiger partial charge on any atom is -0.340 e. The third-order valence-corrected chi connectivity index (χ3v) is 5.79. The van der Waals surface area contributed by atoms with Gasteiger partial charge in [-0.3, -0.25) is 4.79 Å². The second-order valence-electron chi connectivity index (χ2n) is 5.56. The summed E-state index contributed by atoms with van der Waals surface area (Å²) < 4.78 is 26.7. The van der Waals surface area contributed by atoms with E-state index in [1.807, 2.05) is 30.3 Å². The zero-order chi connectivity index (χ0) is 16.2. The zero-order valence-corrected chi connectivity index (χ0v) is 13.9. The highest BCUT2D eigenvalue weighted by Gasteiger charge is 2.29. The molecule has 6 nitrogen and oxygen atoms in total. The molecule has 0 saturated carbocycles. The normalized spacial score (nSPS) is 17.0. The van der Waals surface area contributed by atoms with Crippen LogP contribution in [0.2, 0.25) is 0 Å². The van der Waals surface area contributed by atoms with Crippen LogP contribution in [0, 0.1) is 0 Å². The predicted octanol–water partition coefficient (Wildman–Crippen LogP) is 0.570. The zero-order valence-electron chi connectivity index (χ0n) is 13.1. The Bertz CT molecular complexity index is 594. The van der Waals surface area contributed by atoms with Crippen LogP contribution in [-0.4, -0.2) is 68.1 Å². The van der Waals surface area contributed by atoms with E-state index in [1.165, 1.54) is 22.7 Å². The van der Waals surface area contributed by atoms with Gasteiger partial charge in [-0.05, 0) is 12.0 Å². The third kappa shape index (κ3) is 4.06. The number of benzene rings is 1. The van der Waals surface area contributed by atoms with Crippen molar-refractivity contribution in [1.29, 1.82) is 0 Å². The van der Waals surface area contributed by atoms with Crippen LogP contribution in [-0.2, 0) is 21.4 Å². The summed E-state index contributed by atoms with van der Waals surface area (Å²) in [6, 6.07) is 9.90. The quantitative estimate of drug-likeness (QED) is 0.795. The number of aryl methyl sites for hydroxylation is 1. The van der Waals surface area contributed by atoms with Gasteiger partial charge in [0.05, 0.1) is 0 Å². The van der Waals surface area contributed by atoms with Gasteiger partial charge in [0.25, 0.3) is 10.2 Å². The molecule has 1 aliphatic rings. The fourth-order valence-corrected chi connectivity index (χ4v) is 3.54. The molecule has 7 heteroatoms. The maximum Gasteiger partial charge on any atom is 0.281 e. The predicted molar refractivity (Wildman–Crippen MR) is 85.5 cm³/mol. The van der Waals surface area contributed by atoms with Crippen molar-refractivity contribution in [2.45, 2.75) is 12.8 Å². The molecule has 0 aliphatic carbocycles. The van der Waals surface area contributed by atoms with E-state index in [2.05, 4.69) is 0 Å². The van der Waals surface area contributed by atoms with Crippen molar-refractivity contribution < 1.29 is 13.2 Å². The monoisotopic (exact) mass is 325 g/mol. The van der Waals surface area contributed by atoms with Gasteiger partial charge in [0.1, 0.15) is 0 Å². The lowest BCUT2D eigenvalue weighted by atomic mass is 10.1. The molecule has 0 spiro atoms. The molecule has 1 aromatic carbocycles. The van der Waals surface area contributed by atoms with E-state index in [-0.39, 0.29) is 5.91 Å². The van der Waals surface area contributed by atoms with Crippen LogP contribution >= 0.6 is 0 Å². The molecule has 1 aliphatic heterocycles. The van der Waals surface area contributed by atoms with Crippen molar-refractivity contribution in [1.82, 2.24) is 13.5 Å². The highest BCUT2D eigenvalue weighted by Crippen LogP contribution is 2.11. The average molecular weight is 325 g/mol. The van der Waals surface area contributed by atoms with Crippen LogP contribution < -0.4 is 0 Å². The summed E-state index contributed by atoms with van der Waals surface area (Å²) in [6.45, 7) is 1.64. The molecule has 0 bridgehead atoms. The van der Waals surface area contributed by atoms with Crippen LogP contribution in [0.4, 0.5) is 0 Å². The smallest absolute Gasteiger partial charge is 0.281 e. The molecule has 0 atom stereocenters. The lowest BCUT2D eigenvalue weighted by Gasteiger charge is -2.35. The van der Waals surface area contributed by atoms with Crippen LogP contribution in [0.3, 0.4) is 0 Å². The fourth-order valence-electron chi connectivity index (χ4n) is 2.45. The molecule has 1 saturated heterocycles. The van der Waals surface area contributed by atoms with Crippen LogP contribution in [0.5, 0.6) is 0 Å². The third-order valence-electron chi connectivity index (χ3n) is 3.85. The van der Waals surface area contributed by atoms with Gasteiger partial charge in [-0.2, -0.15) is 17.0 Å². The first-order chi connectivity index (χ1) is 10.4. The van der Waals surface area contributed by atoms with Gasteiger partial charge in [-0.15, -0.1) is 0 Å². The Kier molecular flexibility index (Phi) is 5.55. The standard InChI is InChI=1S/C15H23N3O3S/c1-16(2)22(20,21)18-12-10-17(11-13-18)15(19)9-8-14-6-4-3-5-7-14/h3-7H,8-13H2,1-2H3. The van der Waals surface area contributed by atoms with E-state index in [0.717, 1.165) is 12.0 Å². The molecule has 0 unspecified atom stereocenters. The second kappa shape index (κ2) is 7.21. The topological polar surface area (TPSA) is 60.9 Å². The van der Waals surface area contributed by atoms with Crippen molar-refractivity contribution in [2.24, 2.45) is 0 Å². The van der Waals surface area contributed by atoms with Gasteiger partial charge in [-0.25, -0.2) is 0 Å². The SMILES string of the molecule is CN(C)S(=O)(=O)N1CCN(C(=O)CCc2ccccc2)CC1. The van der Waals surface area contributed by atoms with E-state index in [1.54, 1.807) is 4.90 Å². The summed E-state index contributed by atoms with van der Waals surface area (Å²) in [6.07, 6.45) is 1.18. The fraction of sp³-hybridized carbons (Fsp3) is 0.533. The molecular weight excluding hydrogens is 302 g/mol. The summed E-state index contributed by atoms with van der Waals surface area (Å²) in [5.74, 6) is 0.0887. The molecule has 0 aromatic heterocycles. The van der Waals surface area contributed by atoms with Gasteiger partial charge in [0.2, 0.25) is 5.91 Å². The van der Waals surface area contributed by atoms with Crippen LogP contribution in [0.1, 0.15) is 12.0 Å². The summed E-state index contributed by atoms with van der Waals surface area (Å²) in [5, 5.41) is 0. The Hall–Kier alpha value is -1.44. The minimum absolute atomic E-state index is 0.0887. The summed E-state index contributed by atoms with van der Waals surface area (Å²) in [7, 11) is -0.335. The molecule has 0 radical (unpaired) electrons. The Morgan fingerprint density at radius 1 is 1.09 bits per heavy atom. The van der Waals surface area contributed by atoms with Gasteiger partial charge in [0, 0.05) is 46.7 Å². The van der Waals surface area contributed by atoms with E-state index < -0.39 is 10.2 Å². The number of carbonyl (C=O) groups is 1. The lowest BCUT2D eigenvalue weighted by molar-refractivity contribution is -0.132. The molecule has 22 heavy (non-hydrogen) atoms. The van der Waals surface area contributed by atoms with Gasteiger partial charge in [-0.1, -0.05) is 30.3 Å². The molecular formula is C15H23N3O3S. The lowest BCUT2D eigenvalue weighted by Crippen LogP contribution is -2.53. The number of rotatable bonds is 5. The number of amides is 1. The number of hydrogen-bond donors (Lipinski definition) is 0. The van der Waals surface area contributed by atoms with E-state index in [9.17, 15) is 13.2 Å². The summed E-state index contributed by atoms with van der Waals surface area (Å²) in [5.41, 5.74) is 1.14. The highest BCUT2D eigenvalue weighted by molar-refractivity contribution is 7.86. The molecule has 2 rings (SSSR count). The molecule has 0 N–H and O–H groups in total. The maximum atomic E-state index is 12.2. The maximum absolute atomic E-state index is 12.2. The molecule has 1 amide bonds. The number of carbonyl (C=O) groups excluding carboxylic acids is 1. The molecule has 1 heterocycles. The van der Waals surface area contributed by atoms with E-state index >= 15 is 0 Å². The average Bonchev–Trinajstić information content (AvgIpc) is 2.53. The van der Waals surface area contributed by atoms with Gasteiger partial charge < -0.3 is 4.90 Å². The first-order valence-corrected chi connectivity index (χ1v) is 8.80. The highest BCUT2D eigenvalue weighted by atomic mass is 32.2. The second-order valence-corrected chi connectivity index (χ2v) is 7.70. The van der Waals surface area contributed by atoms with Crippen LogP contribution in [0.25, 0.3) is 0 Å². The molecule has 1 fully saturated rings.